The Morgan fingerprint density at radius 3 is 2.95 bits per heavy atom. The predicted molar refractivity (Wildman–Crippen MR) is 80.6 cm³/mol. The van der Waals surface area contributed by atoms with Gasteiger partial charge in [-0.15, -0.1) is 0 Å². The smallest absolute Gasteiger partial charge is 0.274 e. The number of H-pyrrole nitrogens is 1. The summed E-state index contributed by atoms with van der Waals surface area (Å²) in [5.41, 5.74) is 2.48. The number of rotatable bonds is 3. The summed E-state index contributed by atoms with van der Waals surface area (Å²) >= 11 is 0. The van der Waals surface area contributed by atoms with Crippen molar-refractivity contribution in [2.45, 2.75) is 33.4 Å². The summed E-state index contributed by atoms with van der Waals surface area (Å²) in [6.07, 6.45) is 1.56. The van der Waals surface area contributed by atoms with Crippen LogP contribution in [0.5, 0.6) is 0 Å². The van der Waals surface area contributed by atoms with Gasteiger partial charge in [-0.3, -0.25) is 9.48 Å². The molecule has 1 aliphatic rings. The van der Waals surface area contributed by atoms with Crippen LogP contribution in [0.3, 0.4) is 0 Å². The highest BCUT2D eigenvalue weighted by molar-refractivity contribution is 5.92. The van der Waals surface area contributed by atoms with E-state index in [1.54, 1.807) is 11.1 Å². The van der Waals surface area contributed by atoms with Gasteiger partial charge in [-0.2, -0.15) is 5.10 Å². The Hall–Kier alpha value is -2.15. The minimum atomic E-state index is -0.208. The van der Waals surface area contributed by atoms with E-state index in [0.29, 0.717) is 25.4 Å². The lowest BCUT2D eigenvalue weighted by Gasteiger charge is -2.31. The maximum atomic E-state index is 12.6. The molecule has 7 nitrogen and oxygen atoms in total. The largest absolute Gasteiger partial charge is 0.367 e. The number of amides is 1. The second-order valence-electron chi connectivity index (χ2n) is 5.55. The number of hydrogen-bond acceptors (Lipinski definition) is 4. The van der Waals surface area contributed by atoms with Gasteiger partial charge in [0.1, 0.15) is 11.9 Å². The van der Waals surface area contributed by atoms with Crippen molar-refractivity contribution in [2.75, 3.05) is 19.7 Å². The van der Waals surface area contributed by atoms with E-state index in [4.69, 9.17) is 4.74 Å². The van der Waals surface area contributed by atoms with E-state index in [0.717, 1.165) is 23.8 Å². The van der Waals surface area contributed by atoms with Crippen LogP contribution in [-0.4, -0.2) is 50.3 Å². The van der Waals surface area contributed by atoms with Crippen molar-refractivity contribution < 1.29 is 9.53 Å². The molecule has 0 radical (unpaired) electrons. The first kappa shape index (κ1) is 14.8. The van der Waals surface area contributed by atoms with Gasteiger partial charge in [-0.05, 0) is 26.8 Å². The Balaban J connectivity index is 1.74. The third kappa shape index (κ3) is 2.76. The highest BCUT2D eigenvalue weighted by atomic mass is 16.5. The first-order valence-electron chi connectivity index (χ1n) is 7.55. The number of aromatic amines is 1. The van der Waals surface area contributed by atoms with Crippen molar-refractivity contribution in [3.8, 4) is 0 Å². The van der Waals surface area contributed by atoms with E-state index in [1.807, 2.05) is 31.5 Å². The molecule has 0 spiro atoms. The molecule has 1 amide bonds. The number of imidazole rings is 1. The number of morpholine rings is 1. The summed E-state index contributed by atoms with van der Waals surface area (Å²) in [6.45, 7) is 8.25. The molecule has 0 saturated carbocycles. The number of carbonyl (C=O) groups excluding carboxylic acids is 1. The second kappa shape index (κ2) is 5.92. The normalized spacial score (nSPS) is 18.7. The molecule has 7 heteroatoms. The lowest BCUT2D eigenvalue weighted by molar-refractivity contribution is -0.0266. The maximum Gasteiger partial charge on any atom is 0.274 e. The summed E-state index contributed by atoms with van der Waals surface area (Å²) in [4.78, 5) is 21.9. The van der Waals surface area contributed by atoms with Crippen molar-refractivity contribution >= 4 is 5.91 Å². The maximum absolute atomic E-state index is 12.6. The van der Waals surface area contributed by atoms with Gasteiger partial charge in [-0.25, -0.2) is 4.98 Å². The number of hydrogen-bond donors (Lipinski definition) is 1. The Kier molecular flexibility index (Phi) is 3.98. The van der Waals surface area contributed by atoms with Crippen molar-refractivity contribution in [2.24, 2.45) is 0 Å². The molecular formula is C15H21N5O2. The zero-order valence-corrected chi connectivity index (χ0v) is 13.2. The molecule has 118 valence electrons. The minimum absolute atomic E-state index is 0.0492. The molecule has 1 fully saturated rings. The third-order valence-electron chi connectivity index (χ3n) is 3.88. The molecule has 1 saturated heterocycles. The average molecular weight is 303 g/mol. The number of aromatic nitrogens is 4. The van der Waals surface area contributed by atoms with E-state index in [9.17, 15) is 4.79 Å². The fraction of sp³-hybridized carbons (Fsp3) is 0.533. The second-order valence-corrected chi connectivity index (χ2v) is 5.55. The number of carbonyl (C=O) groups is 1. The molecule has 22 heavy (non-hydrogen) atoms. The van der Waals surface area contributed by atoms with E-state index >= 15 is 0 Å². The van der Waals surface area contributed by atoms with Crippen molar-refractivity contribution in [3.05, 3.63) is 35.2 Å². The van der Waals surface area contributed by atoms with Crippen LogP contribution in [0.1, 0.15) is 40.7 Å². The molecule has 1 N–H and O–H groups in total. The van der Waals surface area contributed by atoms with Gasteiger partial charge in [0.15, 0.2) is 5.69 Å². The van der Waals surface area contributed by atoms with Crippen LogP contribution in [0.25, 0.3) is 0 Å². The average Bonchev–Trinajstić information content (AvgIpc) is 3.12. The number of ether oxygens (including phenoxy) is 1. The van der Waals surface area contributed by atoms with Crippen molar-refractivity contribution in [3.63, 3.8) is 0 Å². The predicted octanol–water partition coefficient (Wildman–Crippen LogP) is 1.46. The Morgan fingerprint density at radius 1 is 1.50 bits per heavy atom. The topological polar surface area (TPSA) is 76.0 Å². The first-order chi connectivity index (χ1) is 10.6. The highest BCUT2D eigenvalue weighted by Crippen LogP contribution is 2.21. The van der Waals surface area contributed by atoms with E-state index in [-0.39, 0.29) is 12.0 Å². The van der Waals surface area contributed by atoms with E-state index in [1.165, 1.54) is 0 Å². The molecule has 1 atom stereocenters. The van der Waals surface area contributed by atoms with Crippen molar-refractivity contribution in [1.82, 2.24) is 24.6 Å². The highest BCUT2D eigenvalue weighted by Gasteiger charge is 2.29. The van der Waals surface area contributed by atoms with Gasteiger partial charge in [0.2, 0.25) is 0 Å². The van der Waals surface area contributed by atoms with Gasteiger partial charge in [0.05, 0.1) is 13.2 Å². The molecular weight excluding hydrogens is 282 g/mol. The third-order valence-corrected chi connectivity index (χ3v) is 3.88. The molecule has 1 unspecified atom stereocenters. The molecule has 2 aromatic heterocycles. The van der Waals surface area contributed by atoms with Crippen LogP contribution in [0.2, 0.25) is 0 Å². The molecule has 3 heterocycles. The number of nitrogens with zero attached hydrogens (tertiary/aromatic N) is 4. The van der Waals surface area contributed by atoms with Crippen LogP contribution >= 0.6 is 0 Å². The van der Waals surface area contributed by atoms with Crippen LogP contribution in [-0.2, 0) is 11.3 Å². The van der Waals surface area contributed by atoms with E-state index < -0.39 is 0 Å². The van der Waals surface area contributed by atoms with Crippen LogP contribution in [0, 0.1) is 13.8 Å². The first-order valence-corrected chi connectivity index (χ1v) is 7.55. The minimum Gasteiger partial charge on any atom is -0.367 e. The SMILES string of the molecule is CCn1nc(C(=O)N2CCOC(c3ncc(C)[nH]3)C2)cc1C. The summed E-state index contributed by atoms with van der Waals surface area (Å²) in [6, 6.07) is 1.84. The van der Waals surface area contributed by atoms with Gasteiger partial charge in [0.25, 0.3) is 5.91 Å². The van der Waals surface area contributed by atoms with Crippen LogP contribution < -0.4 is 0 Å². The standard InChI is InChI=1S/C15H21N5O2/c1-4-20-11(3)7-12(18-20)15(21)19-5-6-22-13(9-19)14-16-8-10(2)17-14/h7-8,13H,4-6,9H2,1-3H3,(H,16,17). The van der Waals surface area contributed by atoms with Crippen LogP contribution in [0.4, 0.5) is 0 Å². The number of nitrogens with one attached hydrogen (secondary N) is 1. The monoisotopic (exact) mass is 303 g/mol. The van der Waals surface area contributed by atoms with Crippen LogP contribution in [0.15, 0.2) is 12.3 Å². The molecule has 0 aromatic carbocycles. The zero-order chi connectivity index (χ0) is 15.7. The molecule has 3 rings (SSSR count). The quantitative estimate of drug-likeness (QED) is 0.931. The lowest BCUT2D eigenvalue weighted by atomic mass is 10.2. The Bertz CT molecular complexity index is 675. The van der Waals surface area contributed by atoms with E-state index in [2.05, 4.69) is 15.1 Å². The van der Waals surface area contributed by atoms with Gasteiger partial charge in [-0.1, -0.05) is 0 Å². The van der Waals surface area contributed by atoms with Gasteiger partial charge >= 0.3 is 0 Å². The number of aryl methyl sites for hydroxylation is 3. The fourth-order valence-corrected chi connectivity index (χ4v) is 2.69. The fourth-order valence-electron chi connectivity index (χ4n) is 2.69. The Labute approximate surface area is 129 Å². The molecule has 0 aliphatic carbocycles. The molecule has 2 aromatic rings. The van der Waals surface area contributed by atoms with Crippen molar-refractivity contribution in [1.29, 1.82) is 0 Å². The lowest BCUT2D eigenvalue weighted by Crippen LogP contribution is -2.42. The molecule has 1 aliphatic heterocycles. The molecule has 0 bridgehead atoms. The zero-order valence-electron chi connectivity index (χ0n) is 13.2. The summed E-state index contributed by atoms with van der Waals surface area (Å²) in [7, 11) is 0. The summed E-state index contributed by atoms with van der Waals surface area (Å²) in [5.74, 6) is 0.720. The van der Waals surface area contributed by atoms with Gasteiger partial charge < -0.3 is 14.6 Å². The Morgan fingerprint density at radius 2 is 2.32 bits per heavy atom. The summed E-state index contributed by atoms with van der Waals surface area (Å²) in [5, 5.41) is 4.37. The summed E-state index contributed by atoms with van der Waals surface area (Å²) < 4.78 is 7.56. The van der Waals surface area contributed by atoms with Gasteiger partial charge in [0, 0.05) is 30.7 Å².